The molecule has 0 unspecified atom stereocenters. The second-order valence-electron chi connectivity index (χ2n) is 6.04. The minimum Gasteiger partial charge on any atom is -0.494 e. The fourth-order valence-electron chi connectivity index (χ4n) is 2.82. The van der Waals surface area contributed by atoms with Gasteiger partial charge in [-0.2, -0.15) is 0 Å². The van der Waals surface area contributed by atoms with E-state index in [2.05, 4.69) is 0 Å². The number of hydrogen-bond donors (Lipinski definition) is 1. The fraction of sp³-hybridized carbons (Fsp3) is 0.529. The number of urea groups is 1. The Morgan fingerprint density at radius 3 is 2.75 bits per heavy atom. The van der Waals surface area contributed by atoms with Gasteiger partial charge in [0.25, 0.3) is 0 Å². The van der Waals surface area contributed by atoms with Gasteiger partial charge in [0.05, 0.1) is 12.5 Å². The summed E-state index contributed by atoms with van der Waals surface area (Å²) < 4.78 is 5.62. The Morgan fingerprint density at radius 1 is 1.38 bits per heavy atom. The Labute approximate surface area is 147 Å². The number of rotatable bonds is 6. The quantitative estimate of drug-likeness (QED) is 0.797. The van der Waals surface area contributed by atoms with Crippen LogP contribution in [0.15, 0.2) is 24.3 Å². The average Bonchev–Trinajstić information content (AvgIpc) is 2.59. The molecule has 1 fully saturated rings. The standard InChI is InChI=1S/C17H24ClN3O3/c1-20(9-3-11-24-15-7-5-14(18)6-8-15)16(22)13-4-2-10-21(12-13)17(19)23/h5-8,13H,2-4,9-12H2,1H3,(H2,19,23)/t13-/m0/s1. The predicted octanol–water partition coefficient (Wildman–Crippen LogP) is 2.36. The topological polar surface area (TPSA) is 75.9 Å². The van der Waals surface area contributed by atoms with Crippen LogP contribution in [-0.4, -0.2) is 55.0 Å². The van der Waals surface area contributed by atoms with Gasteiger partial charge in [-0.15, -0.1) is 0 Å². The number of likely N-dealkylation sites (tertiary alicyclic amines) is 1. The van der Waals surface area contributed by atoms with Crippen molar-refractivity contribution in [3.8, 4) is 5.75 Å². The first-order chi connectivity index (χ1) is 11.5. The molecule has 2 N–H and O–H groups in total. The van der Waals surface area contributed by atoms with Crippen LogP contribution in [0.25, 0.3) is 0 Å². The van der Waals surface area contributed by atoms with Gasteiger partial charge in [-0.1, -0.05) is 11.6 Å². The molecule has 3 amide bonds. The highest BCUT2D eigenvalue weighted by molar-refractivity contribution is 6.30. The fourth-order valence-corrected chi connectivity index (χ4v) is 2.95. The van der Waals surface area contributed by atoms with E-state index in [9.17, 15) is 9.59 Å². The summed E-state index contributed by atoms with van der Waals surface area (Å²) in [6.07, 6.45) is 2.35. The van der Waals surface area contributed by atoms with Crippen molar-refractivity contribution >= 4 is 23.5 Å². The van der Waals surface area contributed by atoms with Crippen molar-refractivity contribution in [2.24, 2.45) is 11.7 Å². The van der Waals surface area contributed by atoms with Crippen LogP contribution >= 0.6 is 11.6 Å². The van der Waals surface area contributed by atoms with Crippen molar-refractivity contribution in [1.29, 1.82) is 0 Å². The Morgan fingerprint density at radius 2 is 2.08 bits per heavy atom. The normalized spacial score (nSPS) is 17.4. The lowest BCUT2D eigenvalue weighted by Gasteiger charge is -2.33. The summed E-state index contributed by atoms with van der Waals surface area (Å²) in [5, 5.41) is 0.671. The van der Waals surface area contributed by atoms with Crippen molar-refractivity contribution in [3.05, 3.63) is 29.3 Å². The lowest BCUT2D eigenvalue weighted by Crippen LogP contribution is -2.47. The van der Waals surface area contributed by atoms with Crippen LogP contribution in [0.4, 0.5) is 4.79 Å². The van der Waals surface area contributed by atoms with Crippen molar-refractivity contribution < 1.29 is 14.3 Å². The maximum Gasteiger partial charge on any atom is 0.314 e. The lowest BCUT2D eigenvalue weighted by atomic mass is 9.97. The van der Waals surface area contributed by atoms with Gasteiger partial charge >= 0.3 is 6.03 Å². The van der Waals surface area contributed by atoms with E-state index in [-0.39, 0.29) is 11.8 Å². The number of benzene rings is 1. The van der Waals surface area contributed by atoms with Gasteiger partial charge in [0.2, 0.25) is 5.91 Å². The lowest BCUT2D eigenvalue weighted by molar-refractivity contribution is -0.135. The van der Waals surface area contributed by atoms with Crippen molar-refractivity contribution in [2.75, 3.05) is 33.3 Å². The van der Waals surface area contributed by atoms with Gasteiger partial charge in [0.1, 0.15) is 5.75 Å². The zero-order chi connectivity index (χ0) is 17.5. The molecule has 1 aliphatic heterocycles. The molecule has 132 valence electrons. The molecule has 1 aromatic carbocycles. The van der Waals surface area contributed by atoms with Crippen LogP contribution in [-0.2, 0) is 4.79 Å². The number of ether oxygens (including phenoxy) is 1. The van der Waals surface area contributed by atoms with E-state index in [0.717, 1.165) is 25.0 Å². The molecule has 0 saturated carbocycles. The second kappa shape index (κ2) is 8.78. The number of amides is 3. The molecule has 1 aliphatic rings. The molecule has 0 radical (unpaired) electrons. The summed E-state index contributed by atoms with van der Waals surface area (Å²) in [5.41, 5.74) is 5.31. The average molecular weight is 354 g/mol. The molecular weight excluding hydrogens is 330 g/mol. The molecule has 0 aliphatic carbocycles. The summed E-state index contributed by atoms with van der Waals surface area (Å²) in [5.74, 6) is 0.665. The highest BCUT2D eigenvalue weighted by Crippen LogP contribution is 2.19. The van der Waals surface area contributed by atoms with Crippen LogP contribution in [0.5, 0.6) is 5.75 Å². The number of nitrogens with two attached hydrogens (primary N) is 1. The third-order valence-electron chi connectivity index (χ3n) is 4.18. The Kier molecular flexibility index (Phi) is 6.73. The van der Waals surface area contributed by atoms with Crippen LogP contribution < -0.4 is 10.5 Å². The summed E-state index contributed by atoms with van der Waals surface area (Å²) in [7, 11) is 1.79. The molecule has 1 saturated heterocycles. The molecule has 1 aromatic rings. The zero-order valence-corrected chi connectivity index (χ0v) is 14.7. The molecule has 0 aromatic heterocycles. The third-order valence-corrected chi connectivity index (χ3v) is 4.43. The summed E-state index contributed by atoms with van der Waals surface area (Å²) in [6, 6.07) is 6.74. The molecule has 2 rings (SSSR count). The smallest absolute Gasteiger partial charge is 0.314 e. The molecule has 0 spiro atoms. The van der Waals surface area contributed by atoms with Gasteiger partial charge < -0.3 is 20.3 Å². The third kappa shape index (κ3) is 5.30. The number of primary amides is 1. The van der Waals surface area contributed by atoms with Crippen molar-refractivity contribution in [3.63, 3.8) is 0 Å². The maximum absolute atomic E-state index is 12.5. The predicted molar refractivity (Wildman–Crippen MR) is 93.1 cm³/mol. The van der Waals surface area contributed by atoms with Gasteiger partial charge in [0, 0.05) is 31.7 Å². The van der Waals surface area contributed by atoms with Crippen LogP contribution in [0, 0.1) is 5.92 Å². The zero-order valence-electron chi connectivity index (χ0n) is 13.9. The molecule has 24 heavy (non-hydrogen) atoms. The van der Waals surface area contributed by atoms with Crippen LogP contribution in [0.1, 0.15) is 19.3 Å². The maximum atomic E-state index is 12.5. The first-order valence-corrected chi connectivity index (χ1v) is 8.53. The van der Waals surface area contributed by atoms with Gasteiger partial charge in [-0.25, -0.2) is 4.79 Å². The van der Waals surface area contributed by atoms with E-state index in [1.54, 1.807) is 29.0 Å². The summed E-state index contributed by atoms with van der Waals surface area (Å²) >= 11 is 5.82. The molecule has 0 bridgehead atoms. The summed E-state index contributed by atoms with van der Waals surface area (Å²) in [4.78, 5) is 27.0. The number of halogens is 1. The van der Waals surface area contributed by atoms with E-state index in [1.165, 1.54) is 0 Å². The molecule has 1 heterocycles. The number of hydrogen-bond acceptors (Lipinski definition) is 3. The number of carbonyl (C=O) groups excluding carboxylic acids is 2. The molecule has 1 atom stereocenters. The van der Waals surface area contributed by atoms with E-state index in [1.807, 2.05) is 12.1 Å². The highest BCUT2D eigenvalue weighted by atomic mass is 35.5. The number of carbonyl (C=O) groups is 2. The second-order valence-corrected chi connectivity index (χ2v) is 6.48. The first kappa shape index (κ1) is 18.4. The summed E-state index contributed by atoms with van der Waals surface area (Å²) in [6.45, 7) is 2.19. The van der Waals surface area contributed by atoms with E-state index >= 15 is 0 Å². The van der Waals surface area contributed by atoms with Crippen molar-refractivity contribution in [1.82, 2.24) is 9.80 Å². The largest absolute Gasteiger partial charge is 0.494 e. The number of nitrogens with zero attached hydrogens (tertiary/aromatic N) is 2. The Balaban J connectivity index is 1.71. The Hall–Kier alpha value is -1.95. The van der Waals surface area contributed by atoms with Crippen molar-refractivity contribution in [2.45, 2.75) is 19.3 Å². The Bertz CT molecular complexity index is 565. The molecular formula is C17H24ClN3O3. The van der Waals surface area contributed by atoms with E-state index in [4.69, 9.17) is 22.1 Å². The van der Waals surface area contributed by atoms with Gasteiger partial charge in [-0.3, -0.25) is 4.79 Å². The highest BCUT2D eigenvalue weighted by Gasteiger charge is 2.29. The minimum absolute atomic E-state index is 0.0624. The van der Waals surface area contributed by atoms with Gasteiger partial charge in [-0.05, 0) is 43.5 Å². The first-order valence-electron chi connectivity index (χ1n) is 8.15. The van der Waals surface area contributed by atoms with Crippen LogP contribution in [0.3, 0.4) is 0 Å². The monoisotopic (exact) mass is 353 g/mol. The van der Waals surface area contributed by atoms with E-state index < -0.39 is 6.03 Å². The van der Waals surface area contributed by atoms with Crippen LogP contribution in [0.2, 0.25) is 5.02 Å². The molecule has 7 heteroatoms. The van der Waals surface area contributed by atoms with Gasteiger partial charge in [0.15, 0.2) is 0 Å². The van der Waals surface area contributed by atoms with E-state index in [0.29, 0.717) is 31.3 Å². The SMILES string of the molecule is CN(CCCOc1ccc(Cl)cc1)C(=O)[C@H]1CCCN(C(N)=O)C1. The minimum atomic E-state index is -0.452. The number of piperidine rings is 1. The molecule has 6 nitrogen and oxygen atoms in total.